The molecule has 1 fully saturated rings. The molecule has 3 N–H and O–H groups in total. The van der Waals surface area contributed by atoms with Crippen LogP contribution in [0.2, 0.25) is 0 Å². The number of halogens is 1. The van der Waals surface area contributed by atoms with E-state index < -0.39 is 10.0 Å². The maximum atomic E-state index is 11.7. The van der Waals surface area contributed by atoms with Crippen LogP contribution in [-0.4, -0.2) is 23.6 Å². The first-order valence-corrected chi connectivity index (χ1v) is 7.16. The molecule has 1 heterocycles. The molecule has 0 saturated heterocycles. The Labute approximate surface area is 113 Å². The smallest absolute Gasteiger partial charge is 0.236 e. The van der Waals surface area contributed by atoms with E-state index in [9.17, 15) is 8.42 Å². The first-order valence-electron chi connectivity index (χ1n) is 5.62. The summed E-state index contributed by atoms with van der Waals surface area (Å²) in [6.07, 6.45) is 5.12. The summed E-state index contributed by atoms with van der Waals surface area (Å²) in [4.78, 5) is 8.11. The zero-order chi connectivity index (χ0) is 12.5. The molecule has 1 atom stereocenters. The zero-order valence-electron chi connectivity index (χ0n) is 10.0. The van der Waals surface area contributed by atoms with Crippen LogP contribution < -0.4 is 10.5 Å². The molecule has 1 aliphatic carbocycles. The van der Waals surface area contributed by atoms with Crippen molar-refractivity contribution in [1.82, 2.24) is 9.97 Å². The highest BCUT2D eigenvalue weighted by atomic mass is 35.5. The maximum absolute atomic E-state index is 11.7. The number of sulfonamides is 1. The number of nitrogens with one attached hydrogen (secondary N) is 1. The molecule has 0 aliphatic heterocycles. The molecule has 0 bridgehead atoms. The van der Waals surface area contributed by atoms with Crippen molar-refractivity contribution in [3.05, 3.63) is 18.1 Å². The number of hydrogen-bond donors (Lipinski definition) is 2. The standard InChI is InChI=1S/C10H16N4O2S.ClH/c1-2-8(11)9-5-12-6-10(13-9)14-17(15,16)7-3-4-7;/h5-8H,2-4,11H2,1H3,(H,13,14);1H. The van der Waals surface area contributed by atoms with Gasteiger partial charge in [-0.15, -0.1) is 12.4 Å². The Kier molecular flexibility index (Phi) is 4.89. The molecule has 1 aromatic rings. The van der Waals surface area contributed by atoms with Crippen LogP contribution >= 0.6 is 12.4 Å². The fourth-order valence-corrected chi connectivity index (χ4v) is 2.74. The fourth-order valence-electron chi connectivity index (χ4n) is 1.43. The Balaban J connectivity index is 0.00000162. The molecule has 18 heavy (non-hydrogen) atoms. The number of rotatable bonds is 5. The molecule has 0 aromatic carbocycles. The largest absolute Gasteiger partial charge is 0.323 e. The minimum atomic E-state index is -3.28. The van der Waals surface area contributed by atoms with Gasteiger partial charge < -0.3 is 5.73 Å². The molecule has 0 spiro atoms. The van der Waals surface area contributed by atoms with Gasteiger partial charge >= 0.3 is 0 Å². The Morgan fingerprint density at radius 3 is 2.72 bits per heavy atom. The molecule has 0 radical (unpaired) electrons. The number of aromatic nitrogens is 2. The fraction of sp³-hybridized carbons (Fsp3) is 0.600. The van der Waals surface area contributed by atoms with Crippen LogP contribution in [0.4, 0.5) is 5.82 Å². The van der Waals surface area contributed by atoms with E-state index in [0.717, 1.165) is 19.3 Å². The lowest BCUT2D eigenvalue weighted by Gasteiger charge is -2.10. The van der Waals surface area contributed by atoms with Gasteiger partial charge in [0, 0.05) is 6.04 Å². The summed E-state index contributed by atoms with van der Waals surface area (Å²) in [5.41, 5.74) is 6.42. The lowest BCUT2D eigenvalue weighted by atomic mass is 10.2. The third-order valence-corrected chi connectivity index (χ3v) is 4.53. The summed E-state index contributed by atoms with van der Waals surface area (Å²) in [6, 6.07) is -0.215. The van der Waals surface area contributed by atoms with Gasteiger partial charge in [-0.05, 0) is 19.3 Å². The Morgan fingerprint density at radius 1 is 1.50 bits per heavy atom. The van der Waals surface area contributed by atoms with Crippen molar-refractivity contribution in [2.45, 2.75) is 37.5 Å². The van der Waals surface area contributed by atoms with Crippen molar-refractivity contribution < 1.29 is 8.42 Å². The van der Waals surface area contributed by atoms with Crippen LogP contribution in [0.1, 0.15) is 37.9 Å². The predicted molar refractivity (Wildman–Crippen MR) is 72.1 cm³/mol. The van der Waals surface area contributed by atoms with Gasteiger partial charge in [0.2, 0.25) is 10.0 Å². The van der Waals surface area contributed by atoms with Crippen molar-refractivity contribution in [3.8, 4) is 0 Å². The molecule has 6 nitrogen and oxygen atoms in total. The second-order valence-corrected chi connectivity index (χ2v) is 6.15. The molecule has 0 amide bonds. The quantitative estimate of drug-likeness (QED) is 0.850. The summed E-state index contributed by atoms with van der Waals surface area (Å²) in [6.45, 7) is 1.94. The summed E-state index contributed by atoms with van der Waals surface area (Å²) in [5, 5.41) is -0.271. The molecular formula is C10H17ClN4O2S. The Bertz CT molecular complexity index is 504. The number of nitrogens with zero attached hydrogens (tertiary/aromatic N) is 2. The number of nitrogens with two attached hydrogens (primary N) is 1. The average molecular weight is 293 g/mol. The van der Waals surface area contributed by atoms with E-state index in [2.05, 4.69) is 14.7 Å². The van der Waals surface area contributed by atoms with E-state index in [1.165, 1.54) is 6.20 Å². The van der Waals surface area contributed by atoms with Gasteiger partial charge in [0.05, 0.1) is 23.3 Å². The normalized spacial score (nSPS) is 16.8. The van der Waals surface area contributed by atoms with Crippen LogP contribution in [0.25, 0.3) is 0 Å². The van der Waals surface area contributed by atoms with Crippen molar-refractivity contribution in [1.29, 1.82) is 0 Å². The van der Waals surface area contributed by atoms with E-state index in [4.69, 9.17) is 5.73 Å². The summed E-state index contributed by atoms with van der Waals surface area (Å²) >= 11 is 0. The van der Waals surface area contributed by atoms with E-state index >= 15 is 0 Å². The highest BCUT2D eigenvalue weighted by molar-refractivity contribution is 7.93. The molecule has 1 aliphatic rings. The molecule has 1 saturated carbocycles. The van der Waals surface area contributed by atoms with E-state index in [0.29, 0.717) is 5.69 Å². The minimum Gasteiger partial charge on any atom is -0.323 e. The van der Waals surface area contributed by atoms with Gasteiger partial charge in [-0.1, -0.05) is 6.92 Å². The van der Waals surface area contributed by atoms with E-state index in [1.807, 2.05) is 6.92 Å². The molecule has 1 aromatic heterocycles. The molecule has 8 heteroatoms. The van der Waals surface area contributed by atoms with Crippen molar-refractivity contribution in [2.24, 2.45) is 5.73 Å². The Morgan fingerprint density at radius 2 is 2.17 bits per heavy atom. The SMILES string of the molecule is CCC(N)c1cncc(NS(=O)(=O)C2CC2)n1.Cl. The number of anilines is 1. The monoisotopic (exact) mass is 292 g/mol. The van der Waals surface area contributed by atoms with Gasteiger partial charge in [-0.25, -0.2) is 13.4 Å². The Hall–Kier alpha value is -0.920. The lowest BCUT2D eigenvalue weighted by molar-refractivity contribution is 0.599. The van der Waals surface area contributed by atoms with Gasteiger partial charge in [0.25, 0.3) is 0 Å². The van der Waals surface area contributed by atoms with Crippen LogP contribution in [-0.2, 0) is 10.0 Å². The van der Waals surface area contributed by atoms with Crippen molar-refractivity contribution >= 4 is 28.2 Å². The maximum Gasteiger partial charge on any atom is 0.236 e. The topological polar surface area (TPSA) is 98.0 Å². The van der Waals surface area contributed by atoms with E-state index in [-0.39, 0.29) is 29.5 Å². The van der Waals surface area contributed by atoms with Crippen molar-refractivity contribution in [2.75, 3.05) is 4.72 Å². The van der Waals surface area contributed by atoms with Crippen molar-refractivity contribution in [3.63, 3.8) is 0 Å². The second kappa shape index (κ2) is 5.81. The molecule has 102 valence electrons. The highest BCUT2D eigenvalue weighted by Crippen LogP contribution is 2.29. The average Bonchev–Trinajstić information content (AvgIpc) is 3.11. The molecule has 2 rings (SSSR count). The summed E-state index contributed by atoms with van der Waals surface area (Å²) in [7, 11) is -3.28. The predicted octanol–water partition coefficient (Wildman–Crippen LogP) is 1.21. The highest BCUT2D eigenvalue weighted by Gasteiger charge is 2.36. The summed E-state index contributed by atoms with van der Waals surface area (Å²) < 4.78 is 25.8. The number of hydrogen-bond acceptors (Lipinski definition) is 5. The van der Waals surface area contributed by atoms with Gasteiger partial charge in [0.1, 0.15) is 0 Å². The zero-order valence-corrected chi connectivity index (χ0v) is 11.7. The van der Waals surface area contributed by atoms with Crippen LogP contribution in [0.5, 0.6) is 0 Å². The van der Waals surface area contributed by atoms with Crippen LogP contribution in [0.15, 0.2) is 12.4 Å². The first-order chi connectivity index (χ1) is 8.03. The first kappa shape index (κ1) is 15.1. The van der Waals surface area contributed by atoms with Crippen LogP contribution in [0.3, 0.4) is 0 Å². The molecular weight excluding hydrogens is 276 g/mol. The van der Waals surface area contributed by atoms with Gasteiger partial charge in [0.15, 0.2) is 5.82 Å². The summed E-state index contributed by atoms with van der Waals surface area (Å²) in [5.74, 6) is 0.248. The molecule has 1 unspecified atom stereocenters. The van der Waals surface area contributed by atoms with Crippen LogP contribution in [0, 0.1) is 0 Å². The van der Waals surface area contributed by atoms with Gasteiger partial charge in [-0.3, -0.25) is 9.71 Å². The third kappa shape index (κ3) is 3.54. The van der Waals surface area contributed by atoms with Gasteiger partial charge in [-0.2, -0.15) is 0 Å². The lowest BCUT2D eigenvalue weighted by Crippen LogP contribution is -2.19. The minimum absolute atomic E-state index is 0. The second-order valence-electron chi connectivity index (χ2n) is 4.19. The third-order valence-electron chi connectivity index (χ3n) is 2.68. The van der Waals surface area contributed by atoms with E-state index in [1.54, 1.807) is 6.20 Å².